The third kappa shape index (κ3) is 6.63. The first-order valence-corrected chi connectivity index (χ1v) is 9.17. The average Bonchev–Trinajstić information content (AvgIpc) is 3.16. The molecule has 2 aromatic heterocycles. The minimum Gasteiger partial charge on any atom is -0.444 e. The fourth-order valence-electron chi connectivity index (χ4n) is 2.58. The molecular weight excluding hydrogens is 465 g/mol. The van der Waals surface area contributed by atoms with Crippen molar-refractivity contribution >= 4 is 29.9 Å². The quantitative estimate of drug-likeness (QED) is 0.297. The number of hydrogen-bond donors (Lipinski definition) is 2. The molecule has 0 aliphatic rings. The van der Waals surface area contributed by atoms with Crippen LogP contribution in [0.2, 0.25) is 0 Å². The third-order valence-corrected chi connectivity index (χ3v) is 4.02. The summed E-state index contributed by atoms with van der Waals surface area (Å²) in [5.74, 6) is 1.39. The zero-order chi connectivity index (χ0) is 18.9. The zero-order valence-corrected chi connectivity index (χ0v) is 18.5. The Labute approximate surface area is 182 Å². The van der Waals surface area contributed by atoms with Crippen molar-refractivity contribution in [2.45, 2.75) is 26.8 Å². The van der Waals surface area contributed by atoms with E-state index in [2.05, 4.69) is 38.6 Å². The molecule has 0 amide bonds. The van der Waals surface area contributed by atoms with Gasteiger partial charge in [0.15, 0.2) is 5.96 Å². The molecule has 0 saturated carbocycles. The molecule has 0 bridgehead atoms. The molecule has 0 fully saturated rings. The minimum absolute atomic E-state index is 0. The molecule has 148 valence electrons. The van der Waals surface area contributed by atoms with Crippen molar-refractivity contribution in [3.63, 3.8) is 0 Å². The maximum absolute atomic E-state index is 5.59. The summed E-state index contributed by atoms with van der Waals surface area (Å²) in [4.78, 5) is 13.3. The number of oxazole rings is 1. The normalized spacial score (nSPS) is 11.0. The molecule has 2 heterocycles. The van der Waals surface area contributed by atoms with Crippen LogP contribution in [0.4, 0.5) is 0 Å². The number of rotatable bonds is 7. The third-order valence-electron chi connectivity index (χ3n) is 4.02. The van der Waals surface area contributed by atoms with Crippen LogP contribution in [-0.2, 0) is 13.0 Å². The van der Waals surface area contributed by atoms with Crippen molar-refractivity contribution in [1.82, 2.24) is 20.6 Å². The SMILES string of the molecule is CCNC(=NCc1coc(-c2ccc(C)cc2)n1)NCCc1cccnc1.I. The molecule has 28 heavy (non-hydrogen) atoms. The molecular formula is C21H26IN5O. The molecule has 3 rings (SSSR count). The summed E-state index contributed by atoms with van der Waals surface area (Å²) in [6.45, 7) is 6.14. The largest absolute Gasteiger partial charge is 0.444 e. The second kappa shape index (κ2) is 11.4. The lowest BCUT2D eigenvalue weighted by Gasteiger charge is -2.10. The fourth-order valence-corrected chi connectivity index (χ4v) is 2.58. The topological polar surface area (TPSA) is 75.3 Å². The van der Waals surface area contributed by atoms with Gasteiger partial charge in [-0.15, -0.1) is 24.0 Å². The number of nitrogens with one attached hydrogen (secondary N) is 2. The highest BCUT2D eigenvalue weighted by molar-refractivity contribution is 14.0. The van der Waals surface area contributed by atoms with Crippen molar-refractivity contribution in [1.29, 1.82) is 0 Å². The molecule has 0 aliphatic carbocycles. The summed E-state index contributed by atoms with van der Waals surface area (Å²) in [5.41, 5.74) is 4.18. The van der Waals surface area contributed by atoms with Gasteiger partial charge in [-0.05, 0) is 44.0 Å². The number of pyridine rings is 1. The van der Waals surface area contributed by atoms with Crippen LogP contribution in [0.25, 0.3) is 11.5 Å². The Hall–Kier alpha value is -2.42. The van der Waals surface area contributed by atoms with E-state index in [1.54, 1.807) is 12.5 Å². The van der Waals surface area contributed by atoms with Gasteiger partial charge in [0, 0.05) is 31.0 Å². The van der Waals surface area contributed by atoms with E-state index in [0.717, 1.165) is 36.7 Å². The number of aromatic nitrogens is 2. The fraction of sp³-hybridized carbons (Fsp3) is 0.286. The molecule has 3 aromatic rings. The van der Waals surface area contributed by atoms with Crippen molar-refractivity contribution in [2.75, 3.05) is 13.1 Å². The van der Waals surface area contributed by atoms with E-state index in [4.69, 9.17) is 4.42 Å². The van der Waals surface area contributed by atoms with E-state index in [0.29, 0.717) is 12.4 Å². The highest BCUT2D eigenvalue weighted by atomic mass is 127. The van der Waals surface area contributed by atoms with E-state index in [-0.39, 0.29) is 24.0 Å². The first-order chi connectivity index (χ1) is 13.2. The minimum atomic E-state index is 0. The van der Waals surface area contributed by atoms with Gasteiger partial charge < -0.3 is 15.1 Å². The molecule has 2 N–H and O–H groups in total. The summed E-state index contributed by atoms with van der Waals surface area (Å²) in [6, 6.07) is 12.1. The predicted octanol–water partition coefficient (Wildman–Crippen LogP) is 3.96. The van der Waals surface area contributed by atoms with Crippen LogP contribution in [0.15, 0.2) is 64.5 Å². The van der Waals surface area contributed by atoms with E-state index >= 15 is 0 Å². The highest BCUT2D eigenvalue weighted by Crippen LogP contribution is 2.19. The lowest BCUT2D eigenvalue weighted by Crippen LogP contribution is -2.38. The monoisotopic (exact) mass is 491 g/mol. The van der Waals surface area contributed by atoms with E-state index in [9.17, 15) is 0 Å². The Morgan fingerprint density at radius 3 is 2.68 bits per heavy atom. The van der Waals surface area contributed by atoms with E-state index in [1.165, 1.54) is 11.1 Å². The van der Waals surface area contributed by atoms with Crippen LogP contribution in [0.3, 0.4) is 0 Å². The van der Waals surface area contributed by atoms with Gasteiger partial charge in [-0.3, -0.25) is 4.98 Å². The molecule has 0 aliphatic heterocycles. The lowest BCUT2D eigenvalue weighted by atomic mass is 10.1. The number of aliphatic imine (C=N–C) groups is 1. The van der Waals surface area contributed by atoms with Gasteiger partial charge in [-0.1, -0.05) is 23.8 Å². The molecule has 0 unspecified atom stereocenters. The summed E-state index contributed by atoms with van der Waals surface area (Å²) in [7, 11) is 0. The molecule has 1 aromatic carbocycles. The van der Waals surface area contributed by atoms with Crippen molar-refractivity contribution in [3.8, 4) is 11.5 Å². The number of aryl methyl sites for hydroxylation is 1. The number of benzene rings is 1. The number of guanidine groups is 1. The Morgan fingerprint density at radius 1 is 1.14 bits per heavy atom. The Morgan fingerprint density at radius 2 is 1.96 bits per heavy atom. The first-order valence-electron chi connectivity index (χ1n) is 9.17. The standard InChI is InChI=1S/C21H25N5O.HI/c1-3-23-21(24-12-10-17-5-4-11-22-13-17)25-14-19-15-27-20(26-19)18-8-6-16(2)7-9-18;/h4-9,11,13,15H,3,10,12,14H2,1-2H3,(H2,23,24,25);1H. The van der Waals surface area contributed by atoms with Crippen LogP contribution in [0.1, 0.15) is 23.7 Å². The molecule has 0 saturated heterocycles. The maximum atomic E-state index is 5.59. The summed E-state index contributed by atoms with van der Waals surface area (Å²) < 4.78 is 5.59. The van der Waals surface area contributed by atoms with Gasteiger partial charge >= 0.3 is 0 Å². The molecule has 7 heteroatoms. The smallest absolute Gasteiger partial charge is 0.226 e. The van der Waals surface area contributed by atoms with Gasteiger partial charge in [0.1, 0.15) is 12.0 Å². The predicted molar refractivity (Wildman–Crippen MR) is 123 cm³/mol. The van der Waals surface area contributed by atoms with Crippen LogP contribution < -0.4 is 10.6 Å². The second-order valence-electron chi connectivity index (χ2n) is 6.24. The molecule has 0 atom stereocenters. The summed E-state index contributed by atoms with van der Waals surface area (Å²) >= 11 is 0. The number of halogens is 1. The first kappa shape index (κ1) is 21.9. The Bertz CT molecular complexity index is 862. The Kier molecular flexibility index (Phi) is 8.93. The average molecular weight is 491 g/mol. The number of nitrogens with zero attached hydrogens (tertiary/aromatic N) is 3. The van der Waals surface area contributed by atoms with E-state index < -0.39 is 0 Å². The molecule has 6 nitrogen and oxygen atoms in total. The van der Waals surface area contributed by atoms with Crippen LogP contribution >= 0.6 is 24.0 Å². The van der Waals surface area contributed by atoms with Crippen LogP contribution in [0, 0.1) is 6.92 Å². The molecule has 0 spiro atoms. The van der Waals surface area contributed by atoms with E-state index in [1.807, 2.05) is 43.5 Å². The lowest BCUT2D eigenvalue weighted by molar-refractivity contribution is 0.572. The van der Waals surface area contributed by atoms with Crippen molar-refractivity contribution in [2.24, 2.45) is 4.99 Å². The van der Waals surface area contributed by atoms with Crippen molar-refractivity contribution < 1.29 is 4.42 Å². The summed E-state index contributed by atoms with van der Waals surface area (Å²) in [5, 5.41) is 6.59. The van der Waals surface area contributed by atoms with Crippen LogP contribution in [0.5, 0.6) is 0 Å². The summed E-state index contributed by atoms with van der Waals surface area (Å²) in [6.07, 6.45) is 6.22. The Balaban J connectivity index is 0.00000280. The molecule has 0 radical (unpaired) electrons. The van der Waals surface area contributed by atoms with Gasteiger partial charge in [0.2, 0.25) is 5.89 Å². The van der Waals surface area contributed by atoms with Crippen molar-refractivity contribution in [3.05, 3.63) is 71.9 Å². The van der Waals surface area contributed by atoms with Crippen LogP contribution in [-0.4, -0.2) is 29.0 Å². The second-order valence-corrected chi connectivity index (χ2v) is 6.24. The van der Waals surface area contributed by atoms with Gasteiger partial charge in [0.05, 0.1) is 6.54 Å². The zero-order valence-electron chi connectivity index (χ0n) is 16.2. The van der Waals surface area contributed by atoms with Gasteiger partial charge in [-0.2, -0.15) is 0 Å². The van der Waals surface area contributed by atoms with Gasteiger partial charge in [0.25, 0.3) is 0 Å². The maximum Gasteiger partial charge on any atom is 0.226 e. The highest BCUT2D eigenvalue weighted by Gasteiger charge is 2.06. The number of hydrogen-bond acceptors (Lipinski definition) is 4. The van der Waals surface area contributed by atoms with Gasteiger partial charge in [-0.25, -0.2) is 9.98 Å².